The maximum atomic E-state index is 4.96. The molecule has 3 heteroatoms. The monoisotopic (exact) mass is 631 g/mol. The molecule has 0 bridgehead atoms. The van der Waals surface area contributed by atoms with Gasteiger partial charge in [-0.2, -0.15) is 0 Å². The van der Waals surface area contributed by atoms with E-state index in [9.17, 15) is 0 Å². The summed E-state index contributed by atoms with van der Waals surface area (Å²) in [5, 5.41) is 9.89. The molecule has 3 nitrogen and oxygen atoms in total. The van der Waals surface area contributed by atoms with Gasteiger partial charge in [0, 0.05) is 11.5 Å². The molecule has 1 unspecified atom stereocenters. The average Bonchev–Trinajstić information content (AvgIpc) is 3.50. The Morgan fingerprint density at radius 2 is 1.04 bits per heavy atom. The van der Waals surface area contributed by atoms with Crippen LogP contribution in [0.25, 0.3) is 50.5 Å². The quantitative estimate of drug-likeness (QED) is 0.175. The molecule has 1 atom stereocenters. The highest BCUT2D eigenvalue weighted by atomic mass is 15.3. The molecule has 0 aliphatic carbocycles. The first kappa shape index (κ1) is 33.2. The van der Waals surface area contributed by atoms with Crippen molar-refractivity contribution in [2.45, 2.75) is 81.1 Å². The molecule has 244 valence electrons. The third-order valence-corrected chi connectivity index (χ3v) is 10.2. The number of aryl methyl sites for hydroxylation is 1. The highest BCUT2D eigenvalue weighted by molar-refractivity contribution is 5.92. The molecule has 5 aromatic carbocycles. The SMILES string of the molecule is Cc1ccc(-n2c(-c3cccc(-c4c(C)c(-c5ccccc5)c(C)c(-c5ccccc5)c4C)c3)nnc2C(C)C(C)(C)C)c(C(C)C)c1. The first-order chi connectivity index (χ1) is 22.9. The topological polar surface area (TPSA) is 30.7 Å². The second-order valence-electron chi connectivity index (χ2n) is 14.8. The largest absolute Gasteiger partial charge is 0.278 e. The molecular weight excluding hydrogens is 583 g/mol. The van der Waals surface area contributed by atoms with E-state index in [1.807, 2.05) is 0 Å². The molecule has 0 fully saturated rings. The standard InChI is InChI=1S/C45H49N3/c1-28(2)38-26-29(3)24-25-39(38)48-43(33(7)45(8,9)10)46-47-44(48)37-23-17-22-36(27-37)42-31(5)40(34-18-13-11-14-19-34)30(4)41(32(42)6)35-20-15-12-16-21-35/h11-28,33H,1-10H3. The first-order valence-electron chi connectivity index (χ1n) is 17.3. The average molecular weight is 632 g/mol. The van der Waals surface area contributed by atoms with Gasteiger partial charge in [0.25, 0.3) is 0 Å². The number of hydrogen-bond acceptors (Lipinski definition) is 2. The second kappa shape index (κ2) is 13.0. The van der Waals surface area contributed by atoms with E-state index in [0.29, 0.717) is 5.92 Å². The minimum atomic E-state index is 0.0182. The van der Waals surface area contributed by atoms with Crippen LogP contribution >= 0.6 is 0 Å². The third-order valence-electron chi connectivity index (χ3n) is 10.2. The minimum absolute atomic E-state index is 0.0182. The molecule has 0 spiro atoms. The van der Waals surface area contributed by atoms with E-state index < -0.39 is 0 Å². The van der Waals surface area contributed by atoms with Gasteiger partial charge in [-0.25, -0.2) is 0 Å². The lowest BCUT2D eigenvalue weighted by molar-refractivity contribution is 0.325. The fourth-order valence-corrected chi connectivity index (χ4v) is 7.27. The van der Waals surface area contributed by atoms with E-state index in [-0.39, 0.29) is 11.3 Å². The van der Waals surface area contributed by atoms with Gasteiger partial charge in [-0.3, -0.25) is 4.57 Å². The molecule has 48 heavy (non-hydrogen) atoms. The molecule has 1 aromatic heterocycles. The van der Waals surface area contributed by atoms with Gasteiger partial charge in [0.05, 0.1) is 5.69 Å². The van der Waals surface area contributed by atoms with Crippen molar-refractivity contribution in [3.05, 3.63) is 137 Å². The van der Waals surface area contributed by atoms with Gasteiger partial charge in [-0.1, -0.05) is 138 Å². The molecule has 0 radical (unpaired) electrons. The van der Waals surface area contributed by atoms with E-state index in [1.54, 1.807) is 0 Å². The maximum absolute atomic E-state index is 4.96. The zero-order valence-electron chi connectivity index (χ0n) is 30.3. The smallest absolute Gasteiger partial charge is 0.168 e. The molecular formula is C45H49N3. The van der Waals surface area contributed by atoms with Crippen LogP contribution in [0.1, 0.15) is 87.0 Å². The van der Waals surface area contributed by atoms with Gasteiger partial charge in [0.2, 0.25) is 0 Å². The van der Waals surface area contributed by atoms with E-state index in [2.05, 4.69) is 177 Å². The fraction of sp³-hybridized carbons (Fsp3) is 0.289. The Labute approximate surface area is 287 Å². The van der Waals surface area contributed by atoms with Crippen molar-refractivity contribution in [1.82, 2.24) is 14.8 Å². The van der Waals surface area contributed by atoms with Crippen LogP contribution in [-0.2, 0) is 0 Å². The van der Waals surface area contributed by atoms with Crippen molar-refractivity contribution in [2.24, 2.45) is 5.41 Å². The zero-order chi connectivity index (χ0) is 34.3. The van der Waals surface area contributed by atoms with Crippen molar-refractivity contribution in [1.29, 1.82) is 0 Å². The van der Waals surface area contributed by atoms with Crippen LogP contribution in [0.2, 0.25) is 0 Å². The summed E-state index contributed by atoms with van der Waals surface area (Å²) in [6, 6.07) is 37.4. The summed E-state index contributed by atoms with van der Waals surface area (Å²) >= 11 is 0. The van der Waals surface area contributed by atoms with Crippen LogP contribution in [0.4, 0.5) is 0 Å². The number of nitrogens with zero attached hydrogens (tertiary/aromatic N) is 3. The minimum Gasteiger partial charge on any atom is -0.278 e. The Morgan fingerprint density at radius 3 is 1.56 bits per heavy atom. The zero-order valence-corrected chi connectivity index (χ0v) is 30.3. The van der Waals surface area contributed by atoms with Crippen molar-refractivity contribution in [3.63, 3.8) is 0 Å². The fourth-order valence-electron chi connectivity index (χ4n) is 7.27. The Bertz CT molecular complexity index is 2010. The Kier molecular flexibility index (Phi) is 9.00. The lowest BCUT2D eigenvalue weighted by Crippen LogP contribution is -2.20. The molecule has 0 amide bonds. The molecule has 1 heterocycles. The molecule has 6 aromatic rings. The van der Waals surface area contributed by atoms with Crippen molar-refractivity contribution >= 4 is 0 Å². The molecule has 0 N–H and O–H groups in total. The van der Waals surface area contributed by atoms with Crippen LogP contribution in [0.15, 0.2) is 103 Å². The predicted octanol–water partition coefficient (Wildman–Crippen LogP) is 12.4. The molecule has 0 saturated heterocycles. The van der Waals surface area contributed by atoms with E-state index >= 15 is 0 Å². The van der Waals surface area contributed by atoms with E-state index in [4.69, 9.17) is 10.2 Å². The predicted molar refractivity (Wildman–Crippen MR) is 204 cm³/mol. The van der Waals surface area contributed by atoms with Crippen LogP contribution in [0.3, 0.4) is 0 Å². The van der Waals surface area contributed by atoms with Gasteiger partial charge in [0.1, 0.15) is 5.82 Å². The highest BCUT2D eigenvalue weighted by Gasteiger charge is 2.30. The molecule has 0 saturated carbocycles. The van der Waals surface area contributed by atoms with E-state index in [0.717, 1.165) is 22.9 Å². The summed E-state index contributed by atoms with van der Waals surface area (Å²) in [5.41, 5.74) is 16.2. The normalized spacial score (nSPS) is 12.5. The number of benzene rings is 5. The van der Waals surface area contributed by atoms with E-state index in [1.165, 1.54) is 61.2 Å². The molecule has 0 aliphatic rings. The van der Waals surface area contributed by atoms with Gasteiger partial charge in [-0.15, -0.1) is 10.2 Å². The summed E-state index contributed by atoms with van der Waals surface area (Å²) in [6.07, 6.45) is 0. The van der Waals surface area contributed by atoms with Crippen LogP contribution in [-0.4, -0.2) is 14.8 Å². The Balaban J connectivity index is 1.62. The van der Waals surface area contributed by atoms with Crippen LogP contribution in [0.5, 0.6) is 0 Å². The van der Waals surface area contributed by atoms with Crippen molar-refractivity contribution in [2.75, 3.05) is 0 Å². The third kappa shape index (κ3) is 6.03. The Morgan fingerprint density at radius 1 is 0.542 bits per heavy atom. The van der Waals surface area contributed by atoms with Gasteiger partial charge < -0.3 is 0 Å². The van der Waals surface area contributed by atoms with Gasteiger partial charge >= 0.3 is 0 Å². The summed E-state index contributed by atoms with van der Waals surface area (Å²) in [4.78, 5) is 0. The summed E-state index contributed by atoms with van der Waals surface area (Å²) < 4.78 is 2.34. The highest BCUT2D eigenvalue weighted by Crippen LogP contribution is 2.45. The summed E-state index contributed by atoms with van der Waals surface area (Å²) in [7, 11) is 0. The first-order valence-corrected chi connectivity index (χ1v) is 17.3. The number of hydrogen-bond donors (Lipinski definition) is 0. The lowest BCUT2D eigenvalue weighted by atomic mass is 9.80. The van der Waals surface area contributed by atoms with Gasteiger partial charge in [0.15, 0.2) is 5.82 Å². The van der Waals surface area contributed by atoms with Crippen molar-refractivity contribution in [3.8, 4) is 50.5 Å². The molecule has 6 rings (SSSR count). The van der Waals surface area contributed by atoms with Crippen LogP contribution in [0, 0.1) is 33.1 Å². The van der Waals surface area contributed by atoms with Crippen molar-refractivity contribution < 1.29 is 0 Å². The molecule has 0 aliphatic heterocycles. The second-order valence-corrected chi connectivity index (χ2v) is 14.8. The number of aromatic nitrogens is 3. The van der Waals surface area contributed by atoms with Gasteiger partial charge in [-0.05, 0) is 107 Å². The summed E-state index contributed by atoms with van der Waals surface area (Å²) in [5.74, 6) is 2.41. The maximum Gasteiger partial charge on any atom is 0.168 e. The van der Waals surface area contributed by atoms with Crippen LogP contribution < -0.4 is 0 Å². The summed E-state index contributed by atoms with van der Waals surface area (Å²) in [6.45, 7) is 22.7. The Hall–Kier alpha value is -4.76. The lowest BCUT2D eigenvalue weighted by Gasteiger charge is -2.28. The number of rotatable bonds is 7.